The van der Waals surface area contributed by atoms with Crippen molar-refractivity contribution in [1.82, 2.24) is 0 Å². The lowest BCUT2D eigenvalue weighted by Crippen LogP contribution is -2.62. The first-order valence-electron chi connectivity index (χ1n) is 21.8. The van der Waals surface area contributed by atoms with Crippen LogP contribution in [0.15, 0.2) is 233 Å². The molecule has 0 amide bonds. The summed E-state index contributed by atoms with van der Waals surface area (Å²) in [5.74, 6) is 0. The number of hydrogen-bond acceptors (Lipinski definition) is 6. The van der Waals surface area contributed by atoms with Crippen LogP contribution < -0.4 is 42.6 Å². The number of rotatable bonds is 6. The summed E-state index contributed by atoms with van der Waals surface area (Å²) >= 11 is 7.78. The maximum absolute atomic E-state index is 2.63. The molecule has 0 saturated carbocycles. The van der Waals surface area contributed by atoms with Crippen molar-refractivity contribution in [2.45, 2.75) is 53.0 Å². The van der Waals surface area contributed by atoms with E-state index in [-0.39, 0.29) is 13.4 Å². The van der Waals surface area contributed by atoms with Crippen LogP contribution in [-0.2, 0) is 0 Å². The molecule has 8 heteroatoms. The van der Waals surface area contributed by atoms with Crippen LogP contribution in [0.5, 0.6) is 0 Å². The molecule has 0 bridgehead atoms. The molecule has 0 aromatic heterocycles. The maximum atomic E-state index is 2.63. The number of fused-ring (bicyclic) bond motifs is 8. The molecule has 0 unspecified atom stereocenters. The van der Waals surface area contributed by atoms with Crippen LogP contribution >= 0.6 is 47.0 Å². The van der Waals surface area contributed by atoms with Crippen LogP contribution in [0.3, 0.4) is 0 Å². The van der Waals surface area contributed by atoms with Crippen molar-refractivity contribution in [1.29, 1.82) is 0 Å². The molecule has 2 nitrogen and oxygen atoms in total. The van der Waals surface area contributed by atoms with Crippen molar-refractivity contribution in [2.24, 2.45) is 0 Å². The first-order chi connectivity index (χ1) is 31.5. The third-order valence-corrected chi connectivity index (χ3v) is 17.5. The van der Waals surface area contributed by atoms with Gasteiger partial charge in [-0.3, -0.25) is 0 Å². The van der Waals surface area contributed by atoms with Crippen molar-refractivity contribution < 1.29 is 0 Å². The highest BCUT2D eigenvalue weighted by Gasteiger charge is 2.43. The van der Waals surface area contributed by atoms with Crippen LogP contribution in [0.2, 0.25) is 0 Å². The van der Waals surface area contributed by atoms with E-state index >= 15 is 0 Å². The lowest BCUT2D eigenvalue weighted by atomic mass is 9.33. The number of anilines is 6. The average Bonchev–Trinajstić information content (AvgIpc) is 3.32. The van der Waals surface area contributed by atoms with E-state index in [1.807, 2.05) is 47.0 Å². The number of aryl methyl sites for hydroxylation is 2. The van der Waals surface area contributed by atoms with Gasteiger partial charge < -0.3 is 9.80 Å². The first kappa shape index (κ1) is 38.6. The van der Waals surface area contributed by atoms with Crippen LogP contribution in [0.4, 0.5) is 34.1 Å². The molecule has 4 aliphatic rings. The number of benzene rings is 9. The highest BCUT2D eigenvalue weighted by molar-refractivity contribution is 8.02. The van der Waals surface area contributed by atoms with Crippen molar-refractivity contribution in [3.63, 3.8) is 0 Å². The highest BCUT2D eigenvalue weighted by Crippen LogP contribution is 2.48. The van der Waals surface area contributed by atoms with E-state index in [1.54, 1.807) is 0 Å². The van der Waals surface area contributed by atoms with Crippen LogP contribution in [-0.4, -0.2) is 13.4 Å². The van der Waals surface area contributed by atoms with Gasteiger partial charge in [0.1, 0.15) is 0 Å². The smallest absolute Gasteiger partial charge is 0.247 e. The molecule has 0 fully saturated rings. The van der Waals surface area contributed by atoms with E-state index in [0.29, 0.717) is 0 Å². The Morgan fingerprint density at radius 2 is 0.594 bits per heavy atom. The molecule has 4 heterocycles. The molecule has 9 aromatic rings. The molecule has 0 saturated heterocycles. The van der Waals surface area contributed by atoms with Gasteiger partial charge in [0, 0.05) is 73.3 Å². The number of nitrogens with zero attached hydrogens (tertiary/aromatic N) is 2. The second-order valence-corrected chi connectivity index (χ2v) is 21.3. The van der Waals surface area contributed by atoms with Gasteiger partial charge in [-0.25, -0.2) is 0 Å². The van der Waals surface area contributed by atoms with Gasteiger partial charge >= 0.3 is 0 Å². The van der Waals surface area contributed by atoms with E-state index < -0.39 is 0 Å². The maximum Gasteiger partial charge on any atom is 0.247 e. The molecule has 64 heavy (non-hydrogen) atoms. The zero-order valence-corrected chi connectivity index (χ0v) is 38.4. The Hall–Kier alpha value is -5.89. The second-order valence-electron chi connectivity index (χ2n) is 17.0. The van der Waals surface area contributed by atoms with Gasteiger partial charge in [-0.05, 0) is 116 Å². The largest absolute Gasteiger partial charge is 0.310 e. The molecule has 302 valence electrons. The van der Waals surface area contributed by atoms with E-state index in [1.165, 1.54) is 94.4 Å². The Morgan fingerprint density at radius 3 is 0.922 bits per heavy atom. The summed E-state index contributed by atoms with van der Waals surface area (Å²) in [4.78, 5) is 15.6. The summed E-state index contributed by atoms with van der Waals surface area (Å²) in [6, 6.07) is 72.5. The van der Waals surface area contributed by atoms with Crippen LogP contribution in [0.1, 0.15) is 11.1 Å². The third-order valence-electron chi connectivity index (χ3n) is 12.9. The Bertz CT molecular complexity index is 3030. The minimum Gasteiger partial charge on any atom is -0.310 e. The monoisotopic (exact) mass is 888 g/mol. The van der Waals surface area contributed by atoms with Gasteiger partial charge in [0.05, 0.1) is 0 Å². The summed E-state index contributed by atoms with van der Waals surface area (Å²) in [5, 5.41) is 0. The van der Waals surface area contributed by atoms with Crippen LogP contribution in [0, 0.1) is 13.8 Å². The van der Waals surface area contributed by atoms with Crippen molar-refractivity contribution >= 4 is 127 Å². The van der Waals surface area contributed by atoms with Gasteiger partial charge in [0.2, 0.25) is 13.4 Å². The predicted molar refractivity (Wildman–Crippen MR) is 277 cm³/mol. The zero-order valence-electron chi connectivity index (χ0n) is 35.2. The fourth-order valence-corrected chi connectivity index (χ4v) is 15.4. The van der Waals surface area contributed by atoms with Gasteiger partial charge in [0.15, 0.2) is 0 Å². The molecule has 0 spiro atoms. The summed E-state index contributed by atoms with van der Waals surface area (Å²) in [6.45, 7) is 4.72. The quantitative estimate of drug-likeness (QED) is 0.152. The molecule has 13 rings (SSSR count). The third kappa shape index (κ3) is 6.33. The minimum absolute atomic E-state index is 0.133. The first-order valence-corrected chi connectivity index (χ1v) is 25.1. The molecule has 4 aliphatic heterocycles. The van der Waals surface area contributed by atoms with Gasteiger partial charge in [-0.2, -0.15) is 0 Å². The van der Waals surface area contributed by atoms with E-state index in [0.717, 1.165) is 22.7 Å². The molecule has 0 radical (unpaired) electrons. The summed E-state index contributed by atoms with van der Waals surface area (Å²) in [7, 11) is 0. The normalized spacial score (nSPS) is 13.5. The predicted octanol–water partition coefficient (Wildman–Crippen LogP) is 12.1. The SMILES string of the molecule is Cc1ccc2c(c1)Sc1cc(N(c3ccccc3)c3ccccc3)cc3c1B2c1cc2c(cc1S3)Sc1cc(N(c3ccccc3)c3ccccc3)cc3c1B2c1ccc(C)cc1S3. The van der Waals surface area contributed by atoms with E-state index in [9.17, 15) is 0 Å². The molecular weight excluding hydrogens is 851 g/mol. The Labute approximate surface area is 392 Å². The molecule has 9 aromatic carbocycles. The summed E-state index contributed by atoms with van der Waals surface area (Å²) < 4.78 is 0. The highest BCUT2D eigenvalue weighted by atomic mass is 32.2. The summed E-state index contributed by atoms with van der Waals surface area (Å²) in [6.07, 6.45) is 0. The van der Waals surface area contributed by atoms with Crippen molar-refractivity contribution in [2.75, 3.05) is 9.80 Å². The van der Waals surface area contributed by atoms with Gasteiger partial charge in [-0.15, -0.1) is 0 Å². The fourth-order valence-electron chi connectivity index (χ4n) is 10.1. The minimum atomic E-state index is 0.133. The van der Waals surface area contributed by atoms with E-state index in [2.05, 4.69) is 218 Å². The Balaban J connectivity index is 1.01. The Morgan fingerprint density at radius 1 is 0.281 bits per heavy atom. The standard InChI is InChI=1S/C56H38B2N2S4/c1-35-23-25-43-47(27-35)61-51-29-41(59(37-15-7-3-8-16-37)38-17-9-4-10-18-38)31-53-55(51)57(43)45-33-46-50(34-49(45)63-53)64-54-32-42(60(39-19-11-5-12-20-39)40-21-13-6-14-22-40)30-52-56(54)58(46)44-26-24-36(2)28-48(44)62-52/h3-34H,1-2H3. The molecule has 0 aliphatic carbocycles. The molecular formula is C56H38B2N2S4. The second kappa shape index (κ2) is 15.4. The summed E-state index contributed by atoms with van der Waals surface area (Å²) in [5.41, 5.74) is 18.1. The van der Waals surface area contributed by atoms with E-state index in [4.69, 9.17) is 0 Å². The fraction of sp³-hybridized carbons (Fsp3) is 0.0357. The van der Waals surface area contributed by atoms with Crippen molar-refractivity contribution in [3.05, 3.63) is 205 Å². The zero-order chi connectivity index (χ0) is 42.5. The molecule has 0 N–H and O–H groups in total. The van der Waals surface area contributed by atoms with Gasteiger partial charge in [0.25, 0.3) is 0 Å². The van der Waals surface area contributed by atoms with Crippen molar-refractivity contribution in [3.8, 4) is 0 Å². The number of hydrogen-bond donors (Lipinski definition) is 0. The topological polar surface area (TPSA) is 6.48 Å². The van der Waals surface area contributed by atoms with Crippen LogP contribution in [0.25, 0.3) is 0 Å². The lowest BCUT2D eigenvalue weighted by Gasteiger charge is -2.38. The number of para-hydroxylation sites is 4. The Kier molecular flexibility index (Phi) is 9.27. The lowest BCUT2D eigenvalue weighted by molar-refractivity contribution is 1.22. The molecule has 0 atom stereocenters. The average molecular weight is 889 g/mol. The van der Waals surface area contributed by atoms with Gasteiger partial charge in [-0.1, -0.05) is 183 Å².